The Labute approximate surface area is 187 Å². The van der Waals surface area contributed by atoms with E-state index in [-0.39, 0.29) is 18.3 Å². The molecule has 2 aromatic heterocycles. The number of nitrogens with zero attached hydrogens (tertiary/aromatic N) is 6. The van der Waals surface area contributed by atoms with E-state index in [1.807, 2.05) is 32.9 Å². The molecule has 1 fully saturated rings. The Balaban J connectivity index is 1.39. The van der Waals surface area contributed by atoms with Gasteiger partial charge >= 0.3 is 0 Å². The van der Waals surface area contributed by atoms with Crippen LogP contribution in [0.15, 0.2) is 36.4 Å². The number of amides is 1. The maximum atomic E-state index is 13.2. The van der Waals surface area contributed by atoms with E-state index in [2.05, 4.69) is 30.2 Å². The topological polar surface area (TPSA) is 79.2 Å². The summed E-state index contributed by atoms with van der Waals surface area (Å²) < 4.78 is 14.8. The Bertz CT molecular complexity index is 1080. The smallest absolute Gasteiger partial charge is 0.252 e. The van der Waals surface area contributed by atoms with Gasteiger partial charge in [-0.05, 0) is 57.5 Å². The SMILES string of the molecule is Cc1cc(C)nc(-n2nc(C)cc2NC(=O)CN2CCCN(c3ccc(F)cc3)CC2)n1. The highest BCUT2D eigenvalue weighted by Gasteiger charge is 2.19. The average Bonchev–Trinajstić information content (AvgIpc) is 2.94. The minimum Gasteiger partial charge on any atom is -0.370 e. The lowest BCUT2D eigenvalue weighted by Gasteiger charge is -2.23. The zero-order valence-electron chi connectivity index (χ0n) is 18.7. The average molecular weight is 438 g/mol. The number of hydrogen-bond acceptors (Lipinski definition) is 6. The molecule has 0 saturated carbocycles. The lowest BCUT2D eigenvalue weighted by atomic mass is 10.2. The Morgan fingerprint density at radius 2 is 1.69 bits per heavy atom. The fraction of sp³-hybridized carbons (Fsp3) is 0.391. The molecular weight excluding hydrogens is 409 g/mol. The number of halogens is 1. The van der Waals surface area contributed by atoms with Gasteiger partial charge in [0.15, 0.2) is 0 Å². The highest BCUT2D eigenvalue weighted by Crippen LogP contribution is 2.18. The zero-order valence-corrected chi connectivity index (χ0v) is 18.7. The third kappa shape index (κ3) is 5.28. The molecule has 32 heavy (non-hydrogen) atoms. The van der Waals surface area contributed by atoms with Crippen LogP contribution in [0, 0.1) is 26.6 Å². The highest BCUT2D eigenvalue weighted by atomic mass is 19.1. The first kappa shape index (κ1) is 21.9. The molecule has 0 aliphatic carbocycles. The quantitative estimate of drug-likeness (QED) is 0.661. The van der Waals surface area contributed by atoms with Crippen molar-refractivity contribution in [3.8, 4) is 5.95 Å². The van der Waals surface area contributed by atoms with E-state index in [1.54, 1.807) is 16.8 Å². The van der Waals surface area contributed by atoms with Crippen LogP contribution in [0.1, 0.15) is 23.5 Å². The van der Waals surface area contributed by atoms with Crippen LogP contribution in [0.2, 0.25) is 0 Å². The second kappa shape index (κ2) is 9.44. The number of anilines is 2. The number of rotatable bonds is 5. The van der Waals surface area contributed by atoms with Crippen LogP contribution in [0.4, 0.5) is 15.9 Å². The second-order valence-electron chi connectivity index (χ2n) is 8.17. The first-order valence-corrected chi connectivity index (χ1v) is 10.8. The molecule has 1 amide bonds. The number of carbonyl (C=O) groups excluding carboxylic acids is 1. The van der Waals surface area contributed by atoms with Crippen molar-refractivity contribution in [1.29, 1.82) is 0 Å². The summed E-state index contributed by atoms with van der Waals surface area (Å²) in [5.41, 5.74) is 3.46. The number of carbonyl (C=O) groups is 1. The van der Waals surface area contributed by atoms with E-state index in [4.69, 9.17) is 0 Å². The van der Waals surface area contributed by atoms with Crippen molar-refractivity contribution in [1.82, 2.24) is 24.6 Å². The van der Waals surface area contributed by atoms with Gasteiger partial charge in [0.1, 0.15) is 11.6 Å². The molecule has 1 aliphatic heterocycles. The lowest BCUT2D eigenvalue weighted by Crippen LogP contribution is -2.36. The van der Waals surface area contributed by atoms with Crippen molar-refractivity contribution in [2.45, 2.75) is 27.2 Å². The third-order valence-electron chi connectivity index (χ3n) is 5.41. The van der Waals surface area contributed by atoms with Crippen LogP contribution in [0.25, 0.3) is 5.95 Å². The Kier molecular flexibility index (Phi) is 6.45. The number of benzene rings is 1. The largest absolute Gasteiger partial charge is 0.370 e. The van der Waals surface area contributed by atoms with Crippen LogP contribution in [-0.4, -0.2) is 63.3 Å². The molecule has 9 heteroatoms. The molecule has 1 aliphatic rings. The molecule has 1 N–H and O–H groups in total. The van der Waals surface area contributed by atoms with Crippen molar-refractivity contribution >= 4 is 17.4 Å². The number of aromatic nitrogens is 4. The van der Waals surface area contributed by atoms with Crippen LogP contribution in [0.3, 0.4) is 0 Å². The summed E-state index contributed by atoms with van der Waals surface area (Å²) in [5.74, 6) is 0.657. The summed E-state index contributed by atoms with van der Waals surface area (Å²) in [6.45, 7) is 9.20. The van der Waals surface area contributed by atoms with Crippen LogP contribution < -0.4 is 10.2 Å². The first-order chi connectivity index (χ1) is 15.4. The van der Waals surface area contributed by atoms with Crippen LogP contribution in [-0.2, 0) is 4.79 Å². The minimum absolute atomic E-state index is 0.106. The number of hydrogen-bond donors (Lipinski definition) is 1. The van der Waals surface area contributed by atoms with E-state index in [1.165, 1.54) is 12.1 Å². The van der Waals surface area contributed by atoms with Gasteiger partial charge < -0.3 is 10.2 Å². The fourth-order valence-corrected chi connectivity index (χ4v) is 3.97. The summed E-state index contributed by atoms with van der Waals surface area (Å²) in [6, 6.07) is 10.3. The Hall–Kier alpha value is -3.33. The number of aryl methyl sites for hydroxylation is 3. The minimum atomic E-state index is -0.234. The lowest BCUT2D eigenvalue weighted by molar-refractivity contribution is -0.117. The molecule has 3 heterocycles. The molecular formula is C23H28FN7O. The Morgan fingerprint density at radius 3 is 2.41 bits per heavy atom. The van der Waals surface area contributed by atoms with Gasteiger partial charge in [-0.2, -0.15) is 9.78 Å². The van der Waals surface area contributed by atoms with Gasteiger partial charge in [0, 0.05) is 49.3 Å². The van der Waals surface area contributed by atoms with E-state index >= 15 is 0 Å². The van der Waals surface area contributed by atoms with Crippen molar-refractivity contribution in [3.05, 3.63) is 59.3 Å². The summed E-state index contributed by atoms with van der Waals surface area (Å²) >= 11 is 0. The molecule has 0 radical (unpaired) electrons. The van der Waals surface area contributed by atoms with E-state index < -0.39 is 0 Å². The monoisotopic (exact) mass is 437 g/mol. The fourth-order valence-electron chi connectivity index (χ4n) is 3.97. The maximum Gasteiger partial charge on any atom is 0.252 e. The van der Waals surface area contributed by atoms with Crippen molar-refractivity contribution < 1.29 is 9.18 Å². The summed E-state index contributed by atoms with van der Waals surface area (Å²) in [4.78, 5) is 26.1. The molecule has 8 nitrogen and oxygen atoms in total. The Morgan fingerprint density at radius 1 is 0.969 bits per heavy atom. The summed E-state index contributed by atoms with van der Waals surface area (Å²) in [6.07, 6.45) is 0.929. The van der Waals surface area contributed by atoms with E-state index in [0.717, 1.165) is 55.4 Å². The van der Waals surface area contributed by atoms with Gasteiger partial charge in [0.25, 0.3) is 5.95 Å². The van der Waals surface area contributed by atoms with Crippen molar-refractivity contribution in [3.63, 3.8) is 0 Å². The van der Waals surface area contributed by atoms with Gasteiger partial charge in [0.2, 0.25) is 5.91 Å². The predicted molar refractivity (Wildman–Crippen MR) is 122 cm³/mol. The van der Waals surface area contributed by atoms with Crippen molar-refractivity contribution in [2.24, 2.45) is 0 Å². The maximum absolute atomic E-state index is 13.2. The highest BCUT2D eigenvalue weighted by molar-refractivity contribution is 5.91. The molecule has 1 saturated heterocycles. The zero-order chi connectivity index (χ0) is 22.7. The van der Waals surface area contributed by atoms with Crippen molar-refractivity contribution in [2.75, 3.05) is 42.9 Å². The first-order valence-electron chi connectivity index (χ1n) is 10.8. The molecule has 0 unspecified atom stereocenters. The van der Waals surface area contributed by atoms with E-state index in [9.17, 15) is 9.18 Å². The van der Waals surface area contributed by atoms with E-state index in [0.29, 0.717) is 11.8 Å². The van der Waals surface area contributed by atoms with Crippen LogP contribution >= 0.6 is 0 Å². The van der Waals surface area contributed by atoms with Gasteiger partial charge in [-0.1, -0.05) is 0 Å². The van der Waals surface area contributed by atoms with Gasteiger partial charge in [-0.3, -0.25) is 9.69 Å². The van der Waals surface area contributed by atoms with Gasteiger partial charge in [-0.25, -0.2) is 14.4 Å². The molecule has 168 valence electrons. The molecule has 1 aromatic carbocycles. The second-order valence-corrected chi connectivity index (χ2v) is 8.17. The molecule has 0 bridgehead atoms. The van der Waals surface area contributed by atoms with Crippen LogP contribution in [0.5, 0.6) is 0 Å². The molecule has 3 aromatic rings. The molecule has 4 rings (SSSR count). The van der Waals surface area contributed by atoms with Gasteiger partial charge in [0.05, 0.1) is 12.2 Å². The molecule has 0 spiro atoms. The normalized spacial score (nSPS) is 14.9. The summed E-state index contributed by atoms with van der Waals surface area (Å²) in [7, 11) is 0. The third-order valence-corrected chi connectivity index (χ3v) is 5.41. The standard InChI is InChI=1S/C23H28FN7O/c1-16-13-17(2)26-23(25-16)31-21(14-18(3)28-31)27-22(32)15-29-9-4-10-30(12-11-29)20-7-5-19(24)6-8-20/h5-8,13-14H,4,9-12,15H2,1-3H3,(H,27,32). The molecule has 0 atom stereocenters. The predicted octanol–water partition coefficient (Wildman–Crippen LogP) is 2.88. The number of nitrogens with one attached hydrogen (secondary N) is 1. The summed E-state index contributed by atoms with van der Waals surface area (Å²) in [5, 5.41) is 7.43. The van der Waals surface area contributed by atoms with Gasteiger partial charge in [-0.15, -0.1) is 0 Å².